The van der Waals surface area contributed by atoms with Crippen LogP contribution in [0.2, 0.25) is 0 Å². The van der Waals surface area contributed by atoms with Crippen molar-refractivity contribution in [3.05, 3.63) is 41.7 Å². The van der Waals surface area contributed by atoms with Gasteiger partial charge in [0.15, 0.2) is 0 Å². The van der Waals surface area contributed by atoms with Gasteiger partial charge in [-0.1, -0.05) is 6.08 Å². The van der Waals surface area contributed by atoms with Crippen molar-refractivity contribution in [3.63, 3.8) is 0 Å². The van der Waals surface area contributed by atoms with Gasteiger partial charge < -0.3 is 42.6 Å². The standard InChI is InChI=1S/C26H37F5O10/c1-2-4-33-6-8-35-10-12-37-14-16-39-18-19-40-17-15-38-13-11-36-9-7-34-5-3-20(32)41-26-24(30)22(28)21(27)23(29)25(26)31/h2H,1,3-19H2. The van der Waals surface area contributed by atoms with Crippen molar-refractivity contribution in [2.45, 2.75) is 6.42 Å². The van der Waals surface area contributed by atoms with E-state index >= 15 is 0 Å². The number of carbonyl (C=O) groups excluding carboxylic acids is 1. The van der Waals surface area contributed by atoms with Crippen LogP contribution < -0.4 is 4.74 Å². The molecule has 41 heavy (non-hydrogen) atoms. The molecule has 15 heteroatoms. The molecule has 10 nitrogen and oxygen atoms in total. The number of benzene rings is 1. The number of hydrogen-bond donors (Lipinski definition) is 0. The highest BCUT2D eigenvalue weighted by molar-refractivity contribution is 5.72. The van der Waals surface area contributed by atoms with E-state index in [1.807, 2.05) is 0 Å². The Kier molecular flexibility index (Phi) is 21.9. The molecule has 1 aromatic carbocycles. The van der Waals surface area contributed by atoms with Gasteiger partial charge in [-0.15, -0.1) is 6.58 Å². The fourth-order valence-corrected chi connectivity index (χ4v) is 2.70. The Bertz CT molecular complexity index is 833. The third-order valence-corrected chi connectivity index (χ3v) is 4.68. The molecule has 0 saturated carbocycles. The van der Waals surface area contributed by atoms with Crippen molar-refractivity contribution < 1.29 is 69.4 Å². The van der Waals surface area contributed by atoms with E-state index in [-0.39, 0.29) is 26.4 Å². The van der Waals surface area contributed by atoms with Crippen molar-refractivity contribution in [3.8, 4) is 5.75 Å². The van der Waals surface area contributed by atoms with Gasteiger partial charge in [0.25, 0.3) is 0 Å². The SMILES string of the molecule is C=CCOCCOCCOCCOCCOCCOCCOCCOCCC(=O)Oc1c(F)c(F)c(F)c(F)c1F. The molecular weight excluding hydrogens is 567 g/mol. The highest BCUT2D eigenvalue weighted by atomic mass is 19.2. The summed E-state index contributed by atoms with van der Waals surface area (Å²) in [6.07, 6.45) is 1.20. The zero-order valence-electron chi connectivity index (χ0n) is 22.8. The van der Waals surface area contributed by atoms with E-state index in [0.717, 1.165) is 0 Å². The molecule has 1 rings (SSSR count). The molecule has 0 atom stereocenters. The summed E-state index contributed by atoms with van der Waals surface area (Å²) in [5.74, 6) is -14.1. The van der Waals surface area contributed by atoms with E-state index in [9.17, 15) is 26.7 Å². The molecule has 0 radical (unpaired) electrons. The van der Waals surface area contributed by atoms with Gasteiger partial charge >= 0.3 is 5.97 Å². The van der Waals surface area contributed by atoms with Crippen LogP contribution in [0.25, 0.3) is 0 Å². The Labute approximate surface area is 235 Å². The Hall–Kier alpha value is -2.24. The van der Waals surface area contributed by atoms with Gasteiger partial charge in [0.2, 0.25) is 34.8 Å². The van der Waals surface area contributed by atoms with Gasteiger partial charge in [-0.3, -0.25) is 4.79 Å². The maximum absolute atomic E-state index is 13.5. The van der Waals surface area contributed by atoms with Crippen LogP contribution in [0.5, 0.6) is 5.75 Å². The molecule has 0 aromatic heterocycles. The second kappa shape index (κ2) is 24.4. The first-order chi connectivity index (χ1) is 19.9. The average molecular weight is 605 g/mol. The smallest absolute Gasteiger partial charge is 0.313 e. The number of rotatable bonds is 27. The Balaban J connectivity index is 1.83. The third-order valence-electron chi connectivity index (χ3n) is 4.68. The summed E-state index contributed by atoms with van der Waals surface area (Å²) >= 11 is 0. The summed E-state index contributed by atoms with van der Waals surface area (Å²) in [4.78, 5) is 11.6. The van der Waals surface area contributed by atoms with Gasteiger partial charge in [0.05, 0.1) is 112 Å². The highest BCUT2D eigenvalue weighted by Crippen LogP contribution is 2.29. The largest absolute Gasteiger partial charge is 0.420 e. The minimum atomic E-state index is -2.35. The maximum atomic E-state index is 13.5. The molecule has 236 valence electrons. The zero-order valence-corrected chi connectivity index (χ0v) is 22.8. The summed E-state index contributed by atoms with van der Waals surface area (Å²) in [5.41, 5.74) is 0. The predicted molar refractivity (Wildman–Crippen MR) is 133 cm³/mol. The van der Waals surface area contributed by atoms with Crippen LogP contribution in [0.15, 0.2) is 12.7 Å². The van der Waals surface area contributed by atoms with Crippen LogP contribution in [0, 0.1) is 29.1 Å². The first-order valence-electron chi connectivity index (χ1n) is 12.8. The number of ether oxygens (including phenoxy) is 9. The van der Waals surface area contributed by atoms with Crippen molar-refractivity contribution in [1.82, 2.24) is 0 Å². The summed E-state index contributed by atoms with van der Waals surface area (Å²) < 4.78 is 113. The monoisotopic (exact) mass is 604 g/mol. The number of esters is 1. The number of hydrogen-bond acceptors (Lipinski definition) is 10. The van der Waals surface area contributed by atoms with Gasteiger partial charge in [-0.2, -0.15) is 8.78 Å². The van der Waals surface area contributed by atoms with Crippen LogP contribution in [0.3, 0.4) is 0 Å². The first-order valence-corrected chi connectivity index (χ1v) is 12.8. The van der Waals surface area contributed by atoms with Crippen molar-refractivity contribution >= 4 is 5.97 Å². The number of halogens is 5. The van der Waals surface area contributed by atoms with Crippen LogP contribution in [-0.2, 0) is 42.7 Å². The van der Waals surface area contributed by atoms with E-state index in [1.54, 1.807) is 6.08 Å². The van der Waals surface area contributed by atoms with E-state index in [2.05, 4.69) is 11.3 Å². The molecule has 0 unspecified atom stereocenters. The van der Waals surface area contributed by atoms with E-state index in [4.69, 9.17) is 37.9 Å². The van der Waals surface area contributed by atoms with Crippen molar-refractivity contribution in [2.24, 2.45) is 0 Å². The van der Waals surface area contributed by atoms with Crippen molar-refractivity contribution in [1.29, 1.82) is 0 Å². The molecule has 0 amide bonds. The summed E-state index contributed by atoms with van der Waals surface area (Å²) in [6, 6.07) is 0. The average Bonchev–Trinajstić information content (AvgIpc) is 2.97. The van der Waals surface area contributed by atoms with Gasteiger partial charge in [0, 0.05) is 0 Å². The first kappa shape index (κ1) is 36.8. The van der Waals surface area contributed by atoms with Crippen LogP contribution >= 0.6 is 0 Å². The lowest BCUT2D eigenvalue weighted by molar-refractivity contribution is -0.136. The van der Waals surface area contributed by atoms with Crippen molar-refractivity contribution in [2.75, 3.05) is 106 Å². The summed E-state index contributed by atoms with van der Waals surface area (Å²) in [6.45, 7) is 9.20. The molecule has 0 aliphatic rings. The number of carbonyl (C=O) groups is 1. The minimum absolute atomic E-state index is 0.0869. The Morgan fingerprint density at radius 1 is 0.488 bits per heavy atom. The zero-order chi connectivity index (χ0) is 30.1. The molecule has 0 bridgehead atoms. The lowest BCUT2D eigenvalue weighted by atomic mass is 10.2. The van der Waals surface area contributed by atoms with Crippen LogP contribution in [0.1, 0.15) is 6.42 Å². The van der Waals surface area contributed by atoms with Crippen LogP contribution in [-0.4, -0.2) is 112 Å². The van der Waals surface area contributed by atoms with Crippen LogP contribution in [0.4, 0.5) is 22.0 Å². The molecule has 0 heterocycles. The third kappa shape index (κ3) is 17.3. The molecule has 0 spiro atoms. The summed E-state index contributed by atoms with van der Waals surface area (Å²) in [5, 5.41) is 0. The molecule has 0 aliphatic heterocycles. The fourth-order valence-electron chi connectivity index (χ4n) is 2.70. The van der Waals surface area contributed by atoms with Gasteiger partial charge in [-0.25, -0.2) is 13.2 Å². The lowest BCUT2D eigenvalue weighted by Gasteiger charge is -2.09. The fraction of sp³-hybridized carbons (Fsp3) is 0.654. The quantitative estimate of drug-likeness (QED) is 0.0284. The molecule has 0 fully saturated rings. The Morgan fingerprint density at radius 2 is 0.780 bits per heavy atom. The van der Waals surface area contributed by atoms with E-state index in [0.29, 0.717) is 79.3 Å². The maximum Gasteiger partial charge on any atom is 0.313 e. The molecule has 1 aromatic rings. The van der Waals surface area contributed by atoms with E-state index in [1.165, 1.54) is 0 Å². The van der Waals surface area contributed by atoms with Gasteiger partial charge in [0.1, 0.15) is 0 Å². The van der Waals surface area contributed by atoms with Gasteiger partial charge in [-0.05, 0) is 0 Å². The summed E-state index contributed by atoms with van der Waals surface area (Å²) in [7, 11) is 0. The second-order valence-electron chi connectivity index (χ2n) is 7.77. The highest BCUT2D eigenvalue weighted by Gasteiger charge is 2.28. The normalized spacial score (nSPS) is 11.2. The minimum Gasteiger partial charge on any atom is -0.420 e. The molecule has 0 saturated heterocycles. The molecule has 0 N–H and O–H groups in total. The molecule has 0 aliphatic carbocycles. The topological polar surface area (TPSA) is 100 Å². The second-order valence-corrected chi connectivity index (χ2v) is 7.77. The lowest BCUT2D eigenvalue weighted by Crippen LogP contribution is -2.16. The molecular formula is C26H37F5O10. The van der Waals surface area contributed by atoms with E-state index < -0.39 is 47.2 Å². The Morgan fingerprint density at radius 3 is 1.12 bits per heavy atom. The predicted octanol–water partition coefficient (Wildman–Crippen LogP) is 3.00.